The summed E-state index contributed by atoms with van der Waals surface area (Å²) < 4.78 is 11.7. The van der Waals surface area contributed by atoms with Gasteiger partial charge in [-0.15, -0.1) is 0 Å². The van der Waals surface area contributed by atoms with Crippen LogP contribution in [-0.2, 0) is 16.0 Å². The van der Waals surface area contributed by atoms with Crippen LogP contribution in [0.5, 0.6) is 0 Å². The van der Waals surface area contributed by atoms with Gasteiger partial charge in [0.1, 0.15) is 11.2 Å². The Hall–Kier alpha value is -2.15. The highest BCUT2D eigenvalue weighted by Crippen LogP contribution is 2.24. The van der Waals surface area contributed by atoms with Crippen LogP contribution in [0, 0.1) is 0 Å². The predicted molar refractivity (Wildman–Crippen MR) is 107 cm³/mol. The third-order valence-electron chi connectivity index (χ3n) is 3.32. The summed E-state index contributed by atoms with van der Waals surface area (Å²) in [7, 11) is 0. The highest BCUT2D eigenvalue weighted by atomic mass is 79.9. The first-order valence-corrected chi connectivity index (χ1v) is 9.42. The fraction of sp³-hybridized carbons (Fsp3) is 0.450. The van der Waals surface area contributed by atoms with E-state index in [9.17, 15) is 9.59 Å². The second-order valence-electron chi connectivity index (χ2n) is 8.19. The number of pyridine rings is 1. The van der Waals surface area contributed by atoms with Gasteiger partial charge in [0.25, 0.3) is 0 Å². The molecule has 2 aromatic rings. The van der Waals surface area contributed by atoms with Gasteiger partial charge in [0.2, 0.25) is 0 Å². The first-order valence-electron chi connectivity index (χ1n) is 8.62. The van der Waals surface area contributed by atoms with Gasteiger partial charge in [-0.1, -0.05) is 22.0 Å². The van der Waals surface area contributed by atoms with Crippen molar-refractivity contribution in [3.8, 4) is 0 Å². The largest absolute Gasteiger partial charge is 0.443 e. The molecule has 0 spiro atoms. The number of amides is 2. The summed E-state index contributed by atoms with van der Waals surface area (Å²) in [6.45, 7) is 10.5. The average Bonchev–Trinajstić information content (AvgIpc) is 2.49. The van der Waals surface area contributed by atoms with Gasteiger partial charge in [0.05, 0.1) is 12.1 Å². The number of rotatable bonds is 2. The minimum absolute atomic E-state index is 0.0289. The van der Waals surface area contributed by atoms with Crippen molar-refractivity contribution < 1.29 is 19.1 Å². The van der Waals surface area contributed by atoms with Gasteiger partial charge >= 0.3 is 12.2 Å². The SMILES string of the molecule is CC(C)(C)OC(=O)N(Cc1ccc2nccc(Br)c2c1)C(=O)OC(C)(C)C. The number of carbonyl (C=O) groups is 2. The van der Waals surface area contributed by atoms with E-state index >= 15 is 0 Å². The quantitative estimate of drug-likeness (QED) is 0.606. The maximum absolute atomic E-state index is 12.6. The molecule has 0 bridgehead atoms. The van der Waals surface area contributed by atoms with Gasteiger partial charge in [0, 0.05) is 16.1 Å². The van der Waals surface area contributed by atoms with Crippen molar-refractivity contribution in [1.82, 2.24) is 9.88 Å². The summed E-state index contributed by atoms with van der Waals surface area (Å²) in [4.78, 5) is 30.5. The molecule has 27 heavy (non-hydrogen) atoms. The van der Waals surface area contributed by atoms with Crippen LogP contribution in [-0.4, -0.2) is 33.3 Å². The summed E-state index contributed by atoms with van der Waals surface area (Å²) in [5.41, 5.74) is 0.114. The van der Waals surface area contributed by atoms with Crippen molar-refractivity contribution in [1.29, 1.82) is 0 Å². The highest BCUT2D eigenvalue weighted by Gasteiger charge is 2.31. The van der Waals surface area contributed by atoms with Crippen molar-refractivity contribution in [3.05, 3.63) is 40.5 Å². The number of ether oxygens (including phenoxy) is 2. The molecule has 1 aromatic heterocycles. The Labute approximate surface area is 168 Å². The van der Waals surface area contributed by atoms with Crippen LogP contribution < -0.4 is 0 Å². The highest BCUT2D eigenvalue weighted by molar-refractivity contribution is 9.10. The molecule has 0 aliphatic rings. The zero-order valence-electron chi connectivity index (χ0n) is 16.5. The molecule has 1 aromatic carbocycles. The zero-order valence-corrected chi connectivity index (χ0v) is 18.1. The lowest BCUT2D eigenvalue weighted by Gasteiger charge is -2.28. The van der Waals surface area contributed by atoms with E-state index in [1.54, 1.807) is 47.7 Å². The van der Waals surface area contributed by atoms with Crippen LogP contribution in [0.2, 0.25) is 0 Å². The maximum atomic E-state index is 12.6. The van der Waals surface area contributed by atoms with E-state index in [0.29, 0.717) is 0 Å². The lowest BCUT2D eigenvalue weighted by Crippen LogP contribution is -2.43. The molecule has 146 valence electrons. The number of carbonyl (C=O) groups excluding carboxylic acids is 2. The summed E-state index contributed by atoms with van der Waals surface area (Å²) in [5, 5.41) is 0.892. The molecule has 0 saturated heterocycles. The number of benzene rings is 1. The van der Waals surface area contributed by atoms with E-state index in [0.717, 1.165) is 25.8 Å². The lowest BCUT2D eigenvalue weighted by molar-refractivity contribution is -0.000239. The lowest BCUT2D eigenvalue weighted by atomic mass is 10.1. The van der Waals surface area contributed by atoms with Gasteiger partial charge in [-0.25, -0.2) is 14.5 Å². The van der Waals surface area contributed by atoms with Gasteiger partial charge in [-0.2, -0.15) is 0 Å². The van der Waals surface area contributed by atoms with Gasteiger partial charge in [0.15, 0.2) is 0 Å². The number of aromatic nitrogens is 1. The number of halogens is 1. The zero-order chi connectivity index (χ0) is 20.4. The fourth-order valence-electron chi connectivity index (χ4n) is 2.28. The molecule has 2 amide bonds. The van der Waals surface area contributed by atoms with E-state index < -0.39 is 23.4 Å². The molecule has 0 N–H and O–H groups in total. The van der Waals surface area contributed by atoms with Crippen molar-refractivity contribution in [2.45, 2.75) is 59.3 Å². The molecule has 2 rings (SSSR count). The van der Waals surface area contributed by atoms with E-state index in [4.69, 9.17) is 9.47 Å². The maximum Gasteiger partial charge on any atom is 0.420 e. The monoisotopic (exact) mass is 436 g/mol. The number of nitrogens with zero attached hydrogens (tertiary/aromatic N) is 2. The normalized spacial score (nSPS) is 12.0. The molecule has 6 nitrogen and oxygen atoms in total. The van der Waals surface area contributed by atoms with Crippen LogP contribution >= 0.6 is 15.9 Å². The second kappa shape index (κ2) is 7.84. The molecular formula is C20H25BrN2O4. The molecule has 1 heterocycles. The number of hydrogen-bond donors (Lipinski definition) is 0. The van der Waals surface area contributed by atoms with E-state index in [1.807, 2.05) is 24.3 Å². The Bertz CT molecular complexity index is 825. The van der Waals surface area contributed by atoms with Crippen molar-refractivity contribution in [2.75, 3.05) is 0 Å². The molecule has 0 saturated carbocycles. The third kappa shape index (κ3) is 6.20. The summed E-state index contributed by atoms with van der Waals surface area (Å²) in [6.07, 6.45) is 0.212. The Kier molecular flexibility index (Phi) is 6.14. The minimum Gasteiger partial charge on any atom is -0.443 e. The smallest absolute Gasteiger partial charge is 0.420 e. The van der Waals surface area contributed by atoms with Crippen molar-refractivity contribution >= 4 is 39.0 Å². The molecule has 0 aliphatic heterocycles. The molecule has 0 atom stereocenters. The molecular weight excluding hydrogens is 412 g/mol. The Morgan fingerprint density at radius 1 is 1.00 bits per heavy atom. The Morgan fingerprint density at radius 3 is 2.07 bits per heavy atom. The van der Waals surface area contributed by atoms with Crippen LogP contribution in [0.1, 0.15) is 47.1 Å². The average molecular weight is 437 g/mol. The standard InChI is InChI=1S/C20H25BrN2O4/c1-19(2,3)26-17(24)23(18(25)27-20(4,5)6)12-13-7-8-16-14(11-13)15(21)9-10-22-16/h7-11H,12H2,1-6H3. The van der Waals surface area contributed by atoms with Crippen LogP contribution in [0.3, 0.4) is 0 Å². The first kappa shape index (κ1) is 21.2. The molecule has 0 radical (unpaired) electrons. The summed E-state index contributed by atoms with van der Waals surface area (Å²) in [6, 6.07) is 7.39. The van der Waals surface area contributed by atoms with Crippen LogP contribution in [0.4, 0.5) is 9.59 Å². The third-order valence-corrected chi connectivity index (χ3v) is 4.01. The number of imide groups is 1. The summed E-state index contributed by atoms with van der Waals surface area (Å²) in [5.74, 6) is 0. The molecule has 7 heteroatoms. The van der Waals surface area contributed by atoms with E-state index in [2.05, 4.69) is 20.9 Å². The van der Waals surface area contributed by atoms with Crippen LogP contribution in [0.15, 0.2) is 34.9 Å². The minimum atomic E-state index is -0.748. The fourth-order valence-corrected chi connectivity index (χ4v) is 2.71. The second-order valence-corrected chi connectivity index (χ2v) is 9.05. The topological polar surface area (TPSA) is 68.7 Å². The predicted octanol–water partition coefficient (Wildman–Crippen LogP) is 5.67. The van der Waals surface area contributed by atoms with Gasteiger partial charge in [-0.3, -0.25) is 4.98 Å². The molecule has 0 unspecified atom stereocenters. The van der Waals surface area contributed by atoms with Crippen LogP contribution in [0.25, 0.3) is 10.9 Å². The molecule has 0 fully saturated rings. The van der Waals surface area contributed by atoms with Crippen molar-refractivity contribution in [3.63, 3.8) is 0 Å². The van der Waals surface area contributed by atoms with E-state index in [1.165, 1.54) is 0 Å². The molecule has 0 aliphatic carbocycles. The number of fused-ring (bicyclic) bond motifs is 1. The summed E-state index contributed by atoms with van der Waals surface area (Å²) >= 11 is 3.50. The van der Waals surface area contributed by atoms with Gasteiger partial charge < -0.3 is 9.47 Å². The number of hydrogen-bond acceptors (Lipinski definition) is 5. The van der Waals surface area contributed by atoms with Gasteiger partial charge in [-0.05, 0) is 65.3 Å². The first-order chi connectivity index (χ1) is 12.4. The van der Waals surface area contributed by atoms with Crippen molar-refractivity contribution in [2.24, 2.45) is 0 Å². The Morgan fingerprint density at radius 2 is 1.56 bits per heavy atom. The van der Waals surface area contributed by atoms with E-state index in [-0.39, 0.29) is 6.54 Å². The Balaban J connectivity index is 2.34.